The Morgan fingerprint density at radius 2 is 2.38 bits per heavy atom. The van der Waals surface area contributed by atoms with E-state index in [1.54, 1.807) is 6.92 Å². The van der Waals surface area contributed by atoms with Crippen LogP contribution in [0, 0.1) is 16.0 Å². The van der Waals surface area contributed by atoms with Gasteiger partial charge < -0.3 is 0 Å². The fourth-order valence-corrected chi connectivity index (χ4v) is 0.401. The van der Waals surface area contributed by atoms with Crippen molar-refractivity contribution in [2.75, 3.05) is 12.4 Å². The Labute approximate surface area is 52.8 Å². The Balaban J connectivity index is 3.24. The Morgan fingerprint density at radius 1 is 1.88 bits per heavy atom. The third-order valence-electron chi connectivity index (χ3n) is 0.724. The largest absolute Gasteiger partial charge is 0.265 e. The first kappa shape index (κ1) is 7.69. The maximum atomic E-state index is 9.72. The van der Waals surface area contributed by atoms with Crippen LogP contribution in [0.2, 0.25) is 0 Å². The van der Waals surface area contributed by atoms with E-state index in [9.17, 15) is 10.1 Å². The lowest BCUT2D eigenvalue weighted by Crippen LogP contribution is -2.11. The van der Waals surface area contributed by atoms with Crippen LogP contribution >= 0.6 is 11.6 Å². The van der Waals surface area contributed by atoms with Gasteiger partial charge in [-0.1, -0.05) is 6.92 Å². The number of nitrogens with zero attached hydrogens (tertiary/aromatic N) is 1. The molecule has 4 heteroatoms. The number of halogens is 1. The smallest absolute Gasteiger partial charge is 0.207 e. The van der Waals surface area contributed by atoms with Gasteiger partial charge in [0.05, 0.1) is 0 Å². The Kier molecular flexibility index (Phi) is 3.52. The quantitative estimate of drug-likeness (QED) is 0.333. The molecule has 0 N–H and O–H groups in total. The molecule has 0 heterocycles. The average Bonchev–Trinajstić information content (AvgIpc) is 1.65. The minimum atomic E-state index is -0.354. The normalized spacial score (nSPS) is 13.2. The summed E-state index contributed by atoms with van der Waals surface area (Å²) in [7, 11) is 0. The third kappa shape index (κ3) is 3.87. The maximum absolute atomic E-state index is 9.72. The number of hydrogen-bond acceptors (Lipinski definition) is 2. The number of nitro groups is 1. The average molecular weight is 138 g/mol. The zero-order valence-corrected chi connectivity index (χ0v) is 5.39. The van der Waals surface area contributed by atoms with Gasteiger partial charge in [-0.3, -0.25) is 10.1 Å². The zero-order valence-electron chi connectivity index (χ0n) is 4.63. The Morgan fingerprint density at radius 3 is 2.50 bits per heavy atom. The van der Waals surface area contributed by atoms with E-state index in [1.807, 2.05) is 0 Å². The van der Waals surface area contributed by atoms with E-state index in [0.717, 1.165) is 0 Å². The summed E-state index contributed by atoms with van der Waals surface area (Å²) in [4.78, 5) is 9.36. The van der Waals surface area contributed by atoms with Crippen molar-refractivity contribution in [1.82, 2.24) is 0 Å². The van der Waals surface area contributed by atoms with Crippen LogP contribution in [0.15, 0.2) is 0 Å². The van der Waals surface area contributed by atoms with Crippen molar-refractivity contribution in [1.29, 1.82) is 0 Å². The third-order valence-corrected chi connectivity index (χ3v) is 1.25. The van der Waals surface area contributed by atoms with Crippen LogP contribution in [-0.2, 0) is 0 Å². The molecule has 48 valence electrons. The van der Waals surface area contributed by atoms with Crippen molar-refractivity contribution in [3.8, 4) is 0 Å². The van der Waals surface area contributed by atoms with Crippen LogP contribution in [0.25, 0.3) is 0 Å². The molecule has 0 amide bonds. The molecule has 3 nitrogen and oxygen atoms in total. The molecule has 0 aliphatic rings. The number of hydrogen-bond donors (Lipinski definition) is 0. The number of alkyl halides is 1. The first-order valence-corrected chi connectivity index (χ1v) is 2.88. The highest BCUT2D eigenvalue weighted by Crippen LogP contribution is 1.96. The van der Waals surface area contributed by atoms with Gasteiger partial charge in [0.15, 0.2) is 0 Å². The summed E-state index contributed by atoms with van der Waals surface area (Å²) in [6.45, 7) is 1.72. The van der Waals surface area contributed by atoms with Crippen molar-refractivity contribution in [2.24, 2.45) is 5.92 Å². The van der Waals surface area contributed by atoms with E-state index in [-0.39, 0.29) is 17.4 Å². The summed E-state index contributed by atoms with van der Waals surface area (Å²) in [5, 5.41) is 9.72. The number of rotatable bonds is 3. The monoisotopic (exact) mass is 137 g/mol. The van der Waals surface area contributed by atoms with Gasteiger partial charge in [-0.25, -0.2) is 0 Å². The Hall–Kier alpha value is -0.310. The summed E-state index contributed by atoms with van der Waals surface area (Å²) >= 11 is 5.29. The molecule has 0 radical (unpaired) electrons. The second-order valence-corrected chi connectivity index (χ2v) is 2.08. The van der Waals surface area contributed by atoms with Gasteiger partial charge >= 0.3 is 0 Å². The van der Waals surface area contributed by atoms with Crippen molar-refractivity contribution in [2.45, 2.75) is 6.92 Å². The van der Waals surface area contributed by atoms with Crippen molar-refractivity contribution in [3.05, 3.63) is 10.1 Å². The predicted molar refractivity (Wildman–Crippen MR) is 31.7 cm³/mol. The lowest BCUT2D eigenvalue weighted by atomic mass is 10.2. The van der Waals surface area contributed by atoms with Crippen molar-refractivity contribution < 1.29 is 4.92 Å². The minimum Gasteiger partial charge on any atom is -0.265 e. The van der Waals surface area contributed by atoms with Gasteiger partial charge in [0.2, 0.25) is 6.54 Å². The van der Waals surface area contributed by atoms with Crippen LogP contribution in [0.4, 0.5) is 0 Å². The molecular weight excluding hydrogens is 130 g/mol. The maximum Gasteiger partial charge on any atom is 0.207 e. The first-order chi connectivity index (χ1) is 3.66. The molecule has 0 aromatic carbocycles. The molecule has 0 spiro atoms. The molecule has 1 atom stereocenters. The van der Waals surface area contributed by atoms with Gasteiger partial charge in [0, 0.05) is 16.7 Å². The molecule has 0 aromatic heterocycles. The molecular formula is C4H8ClNO2. The van der Waals surface area contributed by atoms with Gasteiger partial charge in [-0.05, 0) is 0 Å². The summed E-state index contributed by atoms with van der Waals surface area (Å²) in [6.07, 6.45) is 0. The van der Waals surface area contributed by atoms with Crippen molar-refractivity contribution in [3.63, 3.8) is 0 Å². The lowest BCUT2D eigenvalue weighted by Gasteiger charge is -1.96. The minimum absolute atomic E-state index is 0.00772. The van der Waals surface area contributed by atoms with Gasteiger partial charge in [-0.2, -0.15) is 0 Å². The Bertz CT molecular complexity index is 86.1. The highest BCUT2D eigenvalue weighted by atomic mass is 35.5. The highest BCUT2D eigenvalue weighted by molar-refractivity contribution is 6.18. The van der Waals surface area contributed by atoms with E-state index in [1.165, 1.54) is 0 Å². The highest BCUT2D eigenvalue weighted by Gasteiger charge is 2.05. The van der Waals surface area contributed by atoms with Gasteiger partial charge in [0.25, 0.3) is 0 Å². The molecule has 0 aliphatic heterocycles. The van der Waals surface area contributed by atoms with E-state index >= 15 is 0 Å². The van der Waals surface area contributed by atoms with Crippen LogP contribution in [0.5, 0.6) is 0 Å². The summed E-state index contributed by atoms with van der Waals surface area (Å²) in [5.41, 5.74) is 0. The first-order valence-electron chi connectivity index (χ1n) is 2.34. The topological polar surface area (TPSA) is 43.1 Å². The van der Waals surface area contributed by atoms with Crippen LogP contribution in [-0.4, -0.2) is 17.3 Å². The zero-order chi connectivity index (χ0) is 6.57. The van der Waals surface area contributed by atoms with E-state index < -0.39 is 0 Å². The molecule has 0 aliphatic carbocycles. The van der Waals surface area contributed by atoms with Crippen LogP contribution in [0.3, 0.4) is 0 Å². The molecule has 0 saturated heterocycles. The standard InChI is InChI=1S/C4H8ClNO2/c1-4(2-5)3-6(7)8/h4H,2-3H2,1H3. The lowest BCUT2D eigenvalue weighted by molar-refractivity contribution is -0.486. The van der Waals surface area contributed by atoms with Crippen molar-refractivity contribution >= 4 is 11.6 Å². The van der Waals surface area contributed by atoms with Crippen LogP contribution < -0.4 is 0 Å². The summed E-state index contributed by atoms with van der Waals surface area (Å²) in [6, 6.07) is 0. The van der Waals surface area contributed by atoms with Crippen LogP contribution in [0.1, 0.15) is 6.92 Å². The fraction of sp³-hybridized carbons (Fsp3) is 1.00. The molecule has 0 rings (SSSR count). The molecule has 8 heavy (non-hydrogen) atoms. The fourth-order valence-electron chi connectivity index (χ4n) is 0.303. The SMILES string of the molecule is CC(CCl)C[N+](=O)[O-]. The molecule has 0 aromatic rings. The van der Waals surface area contributed by atoms with E-state index in [2.05, 4.69) is 0 Å². The summed E-state index contributed by atoms with van der Waals surface area (Å²) < 4.78 is 0. The molecule has 0 fully saturated rings. The second-order valence-electron chi connectivity index (χ2n) is 1.77. The molecule has 0 saturated carbocycles. The predicted octanol–water partition coefficient (Wildman–Crippen LogP) is 1.14. The van der Waals surface area contributed by atoms with Gasteiger partial charge in [0.1, 0.15) is 0 Å². The van der Waals surface area contributed by atoms with Gasteiger partial charge in [-0.15, -0.1) is 11.6 Å². The van der Waals surface area contributed by atoms with E-state index in [4.69, 9.17) is 11.6 Å². The summed E-state index contributed by atoms with van der Waals surface area (Å²) in [5.74, 6) is 0.354. The molecule has 1 unspecified atom stereocenters. The molecule has 0 bridgehead atoms. The van der Waals surface area contributed by atoms with E-state index in [0.29, 0.717) is 5.88 Å². The second kappa shape index (κ2) is 3.66.